The van der Waals surface area contributed by atoms with Crippen LogP contribution in [0.4, 0.5) is 0 Å². The lowest BCUT2D eigenvalue weighted by atomic mass is 9.95. The molecule has 1 aliphatic carbocycles. The van der Waals surface area contributed by atoms with Crippen LogP contribution < -0.4 is 0 Å². The van der Waals surface area contributed by atoms with Gasteiger partial charge in [0.1, 0.15) is 6.29 Å². The summed E-state index contributed by atoms with van der Waals surface area (Å²) in [6, 6.07) is 8.34. The Morgan fingerprint density at radius 3 is 2.62 bits per heavy atom. The van der Waals surface area contributed by atoms with Crippen LogP contribution in [0.5, 0.6) is 0 Å². The molecule has 0 aliphatic heterocycles. The molecule has 0 atom stereocenters. The summed E-state index contributed by atoms with van der Waals surface area (Å²) < 4.78 is 2.19. The number of carbonyl (C=O) groups excluding carboxylic acids is 1. The van der Waals surface area contributed by atoms with Gasteiger partial charge in [-0.25, -0.2) is 0 Å². The highest BCUT2D eigenvalue weighted by atomic mass is 16.1. The maximum atomic E-state index is 11.3. The first-order chi connectivity index (χ1) is 7.69. The second-order valence-electron chi connectivity index (χ2n) is 4.81. The lowest BCUT2D eigenvalue weighted by molar-refractivity contribution is -0.109. The zero-order chi connectivity index (χ0) is 11.3. The third-order valence-electron chi connectivity index (χ3n) is 3.91. The fourth-order valence-electron chi connectivity index (χ4n) is 2.71. The van der Waals surface area contributed by atoms with Crippen molar-refractivity contribution in [2.45, 2.75) is 25.2 Å². The molecule has 82 valence electrons. The molecule has 2 aromatic rings. The summed E-state index contributed by atoms with van der Waals surface area (Å²) in [6.07, 6.45) is 3.15. The van der Waals surface area contributed by atoms with Gasteiger partial charge in [0.15, 0.2) is 0 Å². The van der Waals surface area contributed by atoms with Gasteiger partial charge in [-0.3, -0.25) is 0 Å². The van der Waals surface area contributed by atoms with Gasteiger partial charge in [0.2, 0.25) is 0 Å². The summed E-state index contributed by atoms with van der Waals surface area (Å²) in [5.41, 5.74) is 3.53. The average Bonchev–Trinajstić information content (AvgIpc) is 3.05. The van der Waals surface area contributed by atoms with Gasteiger partial charge in [-0.2, -0.15) is 0 Å². The van der Waals surface area contributed by atoms with Crippen molar-refractivity contribution in [1.82, 2.24) is 4.57 Å². The molecule has 0 spiro atoms. The van der Waals surface area contributed by atoms with Crippen molar-refractivity contribution in [2.75, 3.05) is 0 Å². The molecule has 2 heteroatoms. The van der Waals surface area contributed by atoms with Crippen molar-refractivity contribution >= 4 is 17.2 Å². The largest absolute Gasteiger partial charge is 0.348 e. The second kappa shape index (κ2) is 2.97. The molecule has 1 saturated carbocycles. The van der Waals surface area contributed by atoms with Gasteiger partial charge in [0.25, 0.3) is 0 Å². The summed E-state index contributed by atoms with van der Waals surface area (Å²) in [6.45, 7) is 2.11. The van der Waals surface area contributed by atoms with Crippen molar-refractivity contribution in [3.05, 3.63) is 35.5 Å². The predicted octanol–water partition coefficient (Wildman–Crippen LogP) is 2.72. The molecule has 0 radical (unpaired) electrons. The topological polar surface area (TPSA) is 22.0 Å². The predicted molar refractivity (Wildman–Crippen MR) is 64.6 cm³/mol. The van der Waals surface area contributed by atoms with Gasteiger partial charge in [-0.05, 0) is 31.4 Å². The Bertz CT molecular complexity index is 576. The van der Waals surface area contributed by atoms with Crippen LogP contribution in [0.15, 0.2) is 24.3 Å². The molecule has 3 rings (SSSR count). The Morgan fingerprint density at radius 2 is 2.00 bits per heavy atom. The standard InChI is InChI=1S/C14H15NO/c1-10-13(14(9-16)7-8-14)11-5-3-4-6-12(11)15(10)2/h3-6,9H,7-8H2,1-2H3. The van der Waals surface area contributed by atoms with Crippen LogP contribution in [-0.4, -0.2) is 10.9 Å². The molecule has 0 N–H and O–H groups in total. The van der Waals surface area contributed by atoms with E-state index in [1.165, 1.54) is 22.2 Å². The molecular formula is C14H15NO. The first-order valence-corrected chi connectivity index (χ1v) is 5.70. The van der Waals surface area contributed by atoms with Gasteiger partial charge in [0, 0.05) is 23.6 Å². The van der Waals surface area contributed by atoms with Crippen molar-refractivity contribution in [3.8, 4) is 0 Å². The van der Waals surface area contributed by atoms with E-state index >= 15 is 0 Å². The number of benzene rings is 1. The average molecular weight is 213 g/mol. The molecule has 1 aromatic carbocycles. The number of hydrogen-bond acceptors (Lipinski definition) is 1. The maximum absolute atomic E-state index is 11.3. The zero-order valence-electron chi connectivity index (χ0n) is 9.66. The molecule has 1 aliphatic rings. The Balaban J connectivity index is 2.40. The number of hydrogen-bond donors (Lipinski definition) is 0. The Morgan fingerprint density at radius 1 is 1.31 bits per heavy atom. The third-order valence-corrected chi connectivity index (χ3v) is 3.91. The van der Waals surface area contributed by atoms with Crippen LogP contribution in [0, 0.1) is 6.92 Å². The Kier molecular flexibility index (Phi) is 1.79. The summed E-state index contributed by atoms with van der Waals surface area (Å²) in [5.74, 6) is 0. The zero-order valence-corrected chi connectivity index (χ0v) is 9.66. The molecule has 0 amide bonds. The molecule has 0 saturated heterocycles. The number of rotatable bonds is 2. The Labute approximate surface area is 94.9 Å². The lowest BCUT2D eigenvalue weighted by Gasteiger charge is -2.08. The van der Waals surface area contributed by atoms with E-state index in [-0.39, 0.29) is 5.41 Å². The van der Waals surface area contributed by atoms with E-state index in [1.54, 1.807) is 0 Å². The number of fused-ring (bicyclic) bond motifs is 1. The highest BCUT2D eigenvalue weighted by molar-refractivity contribution is 5.92. The van der Waals surface area contributed by atoms with Gasteiger partial charge in [0.05, 0.1) is 5.41 Å². The van der Waals surface area contributed by atoms with Crippen LogP contribution in [0.25, 0.3) is 10.9 Å². The highest BCUT2D eigenvalue weighted by Gasteiger charge is 2.47. The monoisotopic (exact) mass is 213 g/mol. The van der Waals surface area contributed by atoms with Crippen LogP contribution >= 0.6 is 0 Å². The van der Waals surface area contributed by atoms with E-state index in [0.29, 0.717) is 0 Å². The van der Waals surface area contributed by atoms with Crippen LogP contribution in [0.2, 0.25) is 0 Å². The van der Waals surface area contributed by atoms with Gasteiger partial charge in [-0.1, -0.05) is 18.2 Å². The summed E-state index contributed by atoms with van der Waals surface area (Å²) >= 11 is 0. The summed E-state index contributed by atoms with van der Waals surface area (Å²) in [7, 11) is 2.07. The van der Waals surface area contributed by atoms with E-state index in [2.05, 4.69) is 30.7 Å². The van der Waals surface area contributed by atoms with Crippen molar-refractivity contribution in [2.24, 2.45) is 7.05 Å². The SMILES string of the molecule is Cc1c(C2(C=O)CC2)c2ccccc2n1C. The summed E-state index contributed by atoms with van der Waals surface area (Å²) in [5, 5.41) is 1.24. The molecule has 1 fully saturated rings. The lowest BCUT2D eigenvalue weighted by Crippen LogP contribution is -2.09. The third kappa shape index (κ3) is 1.04. The molecule has 0 bridgehead atoms. The van der Waals surface area contributed by atoms with E-state index in [1.807, 2.05) is 12.1 Å². The number of aryl methyl sites for hydroxylation is 1. The number of carbonyl (C=O) groups is 1. The molecule has 1 aromatic heterocycles. The quantitative estimate of drug-likeness (QED) is 0.703. The number of para-hydroxylation sites is 1. The van der Waals surface area contributed by atoms with Crippen molar-refractivity contribution in [1.29, 1.82) is 0 Å². The van der Waals surface area contributed by atoms with Gasteiger partial charge >= 0.3 is 0 Å². The first-order valence-electron chi connectivity index (χ1n) is 5.70. The fraction of sp³-hybridized carbons (Fsp3) is 0.357. The number of aldehydes is 1. The number of aromatic nitrogens is 1. The van der Waals surface area contributed by atoms with E-state index < -0.39 is 0 Å². The normalized spacial score (nSPS) is 17.6. The molecular weight excluding hydrogens is 198 g/mol. The molecule has 1 heterocycles. The molecule has 16 heavy (non-hydrogen) atoms. The van der Waals surface area contributed by atoms with E-state index in [9.17, 15) is 4.79 Å². The molecule has 0 unspecified atom stereocenters. The second-order valence-corrected chi connectivity index (χ2v) is 4.81. The molecule has 2 nitrogen and oxygen atoms in total. The van der Waals surface area contributed by atoms with E-state index in [0.717, 1.165) is 19.1 Å². The Hall–Kier alpha value is -1.57. The minimum Gasteiger partial charge on any atom is -0.348 e. The maximum Gasteiger partial charge on any atom is 0.130 e. The van der Waals surface area contributed by atoms with Gasteiger partial charge in [-0.15, -0.1) is 0 Å². The van der Waals surface area contributed by atoms with Gasteiger partial charge < -0.3 is 9.36 Å². The smallest absolute Gasteiger partial charge is 0.130 e. The minimum absolute atomic E-state index is 0.176. The first kappa shape index (κ1) is 9.64. The van der Waals surface area contributed by atoms with Crippen LogP contribution in [-0.2, 0) is 17.3 Å². The van der Waals surface area contributed by atoms with Crippen molar-refractivity contribution in [3.63, 3.8) is 0 Å². The van der Waals surface area contributed by atoms with E-state index in [4.69, 9.17) is 0 Å². The fourth-order valence-corrected chi connectivity index (χ4v) is 2.71. The highest BCUT2D eigenvalue weighted by Crippen LogP contribution is 2.50. The summed E-state index contributed by atoms with van der Waals surface area (Å²) in [4.78, 5) is 11.3. The van der Waals surface area contributed by atoms with Crippen molar-refractivity contribution < 1.29 is 4.79 Å². The minimum atomic E-state index is -0.176. The van der Waals surface area contributed by atoms with Crippen LogP contribution in [0.3, 0.4) is 0 Å². The number of nitrogens with zero attached hydrogens (tertiary/aromatic N) is 1. The van der Waals surface area contributed by atoms with Crippen LogP contribution in [0.1, 0.15) is 24.1 Å².